The van der Waals surface area contributed by atoms with Gasteiger partial charge in [0.1, 0.15) is 5.75 Å². The molecule has 0 aliphatic heterocycles. The van der Waals surface area contributed by atoms with Gasteiger partial charge in [0.25, 0.3) is 0 Å². The second-order valence-electron chi connectivity index (χ2n) is 4.35. The molecule has 2 N–H and O–H groups in total. The second kappa shape index (κ2) is 6.44. The lowest BCUT2D eigenvalue weighted by atomic mass is 10.1. The first-order valence-electron chi connectivity index (χ1n) is 6.28. The molecule has 0 fully saturated rings. The van der Waals surface area contributed by atoms with Crippen molar-refractivity contribution in [2.24, 2.45) is 0 Å². The average molecular weight is 282 g/mol. The summed E-state index contributed by atoms with van der Waals surface area (Å²) in [6, 6.07) is 14.8. The van der Waals surface area contributed by atoms with E-state index in [0.29, 0.717) is 22.6 Å². The van der Waals surface area contributed by atoms with Crippen molar-refractivity contribution in [2.75, 3.05) is 12.4 Å². The van der Waals surface area contributed by atoms with Crippen LogP contribution in [0.3, 0.4) is 0 Å². The lowest BCUT2D eigenvalue weighted by molar-refractivity contribution is -0.138. The molecule has 0 saturated carbocycles. The number of ether oxygens (including phenoxy) is 1. The van der Waals surface area contributed by atoms with E-state index < -0.39 is 12.0 Å². The van der Waals surface area contributed by atoms with Crippen LogP contribution >= 0.6 is 0 Å². The molecule has 0 spiro atoms. The maximum absolute atomic E-state index is 11.5. The Hall–Kier alpha value is -3.00. The van der Waals surface area contributed by atoms with Crippen molar-refractivity contribution in [1.82, 2.24) is 0 Å². The number of anilines is 1. The highest BCUT2D eigenvalue weighted by Crippen LogP contribution is 2.29. The Bertz CT molecular complexity index is 678. The number of aliphatic carboxylic acids is 1. The van der Waals surface area contributed by atoms with Crippen LogP contribution < -0.4 is 10.1 Å². The zero-order valence-corrected chi connectivity index (χ0v) is 11.4. The fourth-order valence-corrected chi connectivity index (χ4v) is 1.97. The number of benzene rings is 2. The van der Waals surface area contributed by atoms with E-state index in [-0.39, 0.29) is 0 Å². The quantitative estimate of drug-likeness (QED) is 0.881. The van der Waals surface area contributed by atoms with E-state index in [0.717, 1.165) is 0 Å². The number of rotatable bonds is 5. The third-order valence-electron chi connectivity index (χ3n) is 3.01. The highest BCUT2D eigenvalue weighted by molar-refractivity contribution is 5.80. The Balaban J connectivity index is 2.34. The van der Waals surface area contributed by atoms with Gasteiger partial charge in [0.2, 0.25) is 0 Å². The molecule has 0 aromatic heterocycles. The highest BCUT2D eigenvalue weighted by atomic mass is 16.5. The maximum Gasteiger partial charge on any atom is 0.330 e. The number of carboxylic acid groups (broad SMARTS) is 1. The van der Waals surface area contributed by atoms with Gasteiger partial charge in [-0.2, -0.15) is 5.26 Å². The van der Waals surface area contributed by atoms with Gasteiger partial charge in [-0.05, 0) is 17.7 Å². The molecule has 2 rings (SSSR count). The van der Waals surface area contributed by atoms with Crippen LogP contribution in [0.25, 0.3) is 0 Å². The van der Waals surface area contributed by atoms with E-state index in [1.807, 2.05) is 12.1 Å². The lowest BCUT2D eigenvalue weighted by Crippen LogP contribution is -2.20. The van der Waals surface area contributed by atoms with Crippen molar-refractivity contribution in [3.63, 3.8) is 0 Å². The first kappa shape index (κ1) is 14.4. The molecule has 5 nitrogen and oxygen atoms in total. The number of nitrogens with zero attached hydrogens (tertiary/aromatic N) is 1. The zero-order valence-electron chi connectivity index (χ0n) is 11.4. The minimum atomic E-state index is -0.993. The largest absolute Gasteiger partial charge is 0.495 e. The van der Waals surface area contributed by atoms with E-state index in [9.17, 15) is 9.90 Å². The van der Waals surface area contributed by atoms with Crippen LogP contribution in [0.15, 0.2) is 48.5 Å². The molecule has 0 radical (unpaired) electrons. The number of hydrogen-bond acceptors (Lipinski definition) is 4. The van der Waals surface area contributed by atoms with Crippen LogP contribution in [-0.2, 0) is 4.79 Å². The SMILES string of the molecule is COc1cc(C#N)ccc1NC(C(=O)O)c1ccccc1. The number of carbonyl (C=O) groups is 1. The molecule has 1 unspecified atom stereocenters. The summed E-state index contributed by atoms with van der Waals surface area (Å²) in [5.74, 6) is -0.566. The van der Waals surface area contributed by atoms with Crippen LogP contribution in [0.4, 0.5) is 5.69 Å². The maximum atomic E-state index is 11.5. The van der Waals surface area contributed by atoms with Crippen molar-refractivity contribution in [2.45, 2.75) is 6.04 Å². The highest BCUT2D eigenvalue weighted by Gasteiger charge is 2.20. The van der Waals surface area contributed by atoms with Gasteiger partial charge in [-0.15, -0.1) is 0 Å². The van der Waals surface area contributed by atoms with E-state index in [4.69, 9.17) is 10.00 Å². The lowest BCUT2D eigenvalue weighted by Gasteiger charge is -2.18. The molecule has 1 atom stereocenters. The minimum Gasteiger partial charge on any atom is -0.495 e. The van der Waals surface area contributed by atoms with Crippen molar-refractivity contribution in [1.29, 1.82) is 5.26 Å². The van der Waals surface area contributed by atoms with E-state index >= 15 is 0 Å². The molecular formula is C16H14N2O3. The fraction of sp³-hybridized carbons (Fsp3) is 0.125. The topological polar surface area (TPSA) is 82.3 Å². The van der Waals surface area contributed by atoms with Crippen molar-refractivity contribution in [3.8, 4) is 11.8 Å². The summed E-state index contributed by atoms with van der Waals surface area (Å²) in [5, 5.41) is 21.2. The molecule has 0 heterocycles. The Kier molecular flexibility index (Phi) is 4.42. The number of carboxylic acids is 1. The fourth-order valence-electron chi connectivity index (χ4n) is 1.97. The predicted octanol–water partition coefficient (Wildman–Crippen LogP) is 2.80. The zero-order chi connectivity index (χ0) is 15.2. The second-order valence-corrected chi connectivity index (χ2v) is 4.35. The number of methoxy groups -OCH3 is 1. The predicted molar refractivity (Wildman–Crippen MR) is 78.2 cm³/mol. The summed E-state index contributed by atoms with van der Waals surface area (Å²) in [7, 11) is 1.47. The molecule has 2 aromatic rings. The van der Waals surface area contributed by atoms with Crippen LogP contribution in [0.5, 0.6) is 5.75 Å². The van der Waals surface area contributed by atoms with Gasteiger partial charge >= 0.3 is 5.97 Å². The van der Waals surface area contributed by atoms with Crippen LogP contribution in [-0.4, -0.2) is 18.2 Å². The average Bonchev–Trinajstić information content (AvgIpc) is 2.53. The monoisotopic (exact) mass is 282 g/mol. The number of nitrogens with one attached hydrogen (secondary N) is 1. The summed E-state index contributed by atoms with van der Waals surface area (Å²) in [6.45, 7) is 0. The number of hydrogen-bond donors (Lipinski definition) is 2. The summed E-state index contributed by atoms with van der Waals surface area (Å²) in [4.78, 5) is 11.5. The molecule has 0 bridgehead atoms. The molecule has 0 saturated heterocycles. The number of nitriles is 1. The standard InChI is InChI=1S/C16H14N2O3/c1-21-14-9-11(10-17)7-8-13(14)18-15(16(19)20)12-5-3-2-4-6-12/h2-9,15,18H,1H3,(H,19,20). The summed E-state index contributed by atoms with van der Waals surface area (Å²) in [5.41, 5.74) is 1.60. The van der Waals surface area contributed by atoms with Gasteiger partial charge in [0.05, 0.1) is 24.4 Å². The van der Waals surface area contributed by atoms with E-state index in [2.05, 4.69) is 5.32 Å². The minimum absolute atomic E-state index is 0.427. The van der Waals surface area contributed by atoms with E-state index in [1.165, 1.54) is 7.11 Å². The van der Waals surface area contributed by atoms with Gasteiger partial charge in [-0.3, -0.25) is 0 Å². The third kappa shape index (κ3) is 3.31. The Morgan fingerprint density at radius 2 is 2.00 bits per heavy atom. The molecule has 106 valence electrons. The van der Waals surface area contributed by atoms with Crippen molar-refractivity contribution >= 4 is 11.7 Å². The van der Waals surface area contributed by atoms with Crippen LogP contribution in [0.2, 0.25) is 0 Å². The molecular weight excluding hydrogens is 268 g/mol. The summed E-state index contributed by atoms with van der Waals surface area (Å²) < 4.78 is 5.20. The Morgan fingerprint density at radius 1 is 1.29 bits per heavy atom. The smallest absolute Gasteiger partial charge is 0.330 e. The molecule has 0 amide bonds. The van der Waals surface area contributed by atoms with Crippen LogP contribution in [0, 0.1) is 11.3 Å². The Morgan fingerprint density at radius 3 is 2.57 bits per heavy atom. The van der Waals surface area contributed by atoms with Crippen molar-refractivity contribution < 1.29 is 14.6 Å². The molecule has 21 heavy (non-hydrogen) atoms. The van der Waals surface area contributed by atoms with Crippen molar-refractivity contribution in [3.05, 3.63) is 59.7 Å². The normalized spacial score (nSPS) is 11.2. The van der Waals surface area contributed by atoms with Crippen LogP contribution in [0.1, 0.15) is 17.2 Å². The van der Waals surface area contributed by atoms with E-state index in [1.54, 1.807) is 42.5 Å². The molecule has 2 aromatic carbocycles. The first-order chi connectivity index (χ1) is 10.2. The van der Waals surface area contributed by atoms with Gasteiger partial charge in [0, 0.05) is 6.07 Å². The van der Waals surface area contributed by atoms with Gasteiger partial charge < -0.3 is 15.2 Å². The van der Waals surface area contributed by atoms with Gasteiger partial charge in [0.15, 0.2) is 6.04 Å². The summed E-state index contributed by atoms with van der Waals surface area (Å²) in [6.07, 6.45) is 0. The van der Waals surface area contributed by atoms with Gasteiger partial charge in [-0.25, -0.2) is 4.79 Å². The third-order valence-corrected chi connectivity index (χ3v) is 3.01. The molecule has 0 aliphatic rings. The molecule has 0 aliphatic carbocycles. The summed E-state index contributed by atoms with van der Waals surface area (Å²) >= 11 is 0. The Labute approximate surface area is 122 Å². The molecule has 5 heteroatoms. The first-order valence-corrected chi connectivity index (χ1v) is 6.28. The van der Waals surface area contributed by atoms with Gasteiger partial charge in [-0.1, -0.05) is 30.3 Å².